The lowest BCUT2D eigenvalue weighted by Crippen LogP contribution is -2.33. The molecule has 1 heterocycles. The smallest absolute Gasteiger partial charge is 0.0587 e. The highest BCUT2D eigenvalue weighted by Gasteiger charge is 2.14. The van der Waals surface area contributed by atoms with E-state index < -0.39 is 0 Å². The van der Waals surface area contributed by atoms with Gasteiger partial charge in [-0.2, -0.15) is 0 Å². The van der Waals surface area contributed by atoms with Crippen LogP contribution in [0.15, 0.2) is 22.7 Å². The van der Waals surface area contributed by atoms with Gasteiger partial charge in [0.05, 0.1) is 6.61 Å². The van der Waals surface area contributed by atoms with E-state index >= 15 is 0 Å². The minimum Gasteiger partial charge on any atom is -0.395 e. The Labute approximate surface area is 92.5 Å². The van der Waals surface area contributed by atoms with Crippen molar-refractivity contribution >= 4 is 15.9 Å². The summed E-state index contributed by atoms with van der Waals surface area (Å²) in [5.74, 6) is 0. The molecule has 0 saturated heterocycles. The van der Waals surface area contributed by atoms with Crippen LogP contribution in [0.2, 0.25) is 0 Å². The highest BCUT2D eigenvalue weighted by molar-refractivity contribution is 9.10. The van der Waals surface area contributed by atoms with Gasteiger partial charge in [-0.05, 0) is 42.6 Å². The van der Waals surface area contributed by atoms with Crippen LogP contribution in [0.25, 0.3) is 0 Å². The Morgan fingerprint density at radius 1 is 1.43 bits per heavy atom. The zero-order valence-corrected chi connectivity index (χ0v) is 9.55. The third kappa shape index (κ3) is 2.16. The van der Waals surface area contributed by atoms with Gasteiger partial charge < -0.3 is 10.4 Å². The van der Waals surface area contributed by atoms with Crippen LogP contribution in [0, 0.1) is 0 Å². The topological polar surface area (TPSA) is 32.3 Å². The van der Waals surface area contributed by atoms with E-state index in [-0.39, 0.29) is 12.6 Å². The molecule has 1 unspecified atom stereocenters. The summed E-state index contributed by atoms with van der Waals surface area (Å²) in [5, 5.41) is 12.5. The summed E-state index contributed by atoms with van der Waals surface area (Å²) in [5.41, 5.74) is 2.75. The molecule has 76 valence electrons. The first-order chi connectivity index (χ1) is 6.79. The molecular formula is C11H14BrNO. The van der Waals surface area contributed by atoms with Gasteiger partial charge in [-0.25, -0.2) is 0 Å². The average Bonchev–Trinajstić information content (AvgIpc) is 2.38. The number of rotatable bonds is 1. The SMILES string of the molecule is OCC1Cc2ccc(Br)cc2CCN1. The maximum atomic E-state index is 9.12. The summed E-state index contributed by atoms with van der Waals surface area (Å²) >= 11 is 3.48. The van der Waals surface area contributed by atoms with Crippen LogP contribution in [-0.2, 0) is 12.8 Å². The third-order valence-corrected chi connectivity index (χ3v) is 3.18. The maximum Gasteiger partial charge on any atom is 0.0587 e. The van der Waals surface area contributed by atoms with Gasteiger partial charge in [0, 0.05) is 10.5 Å². The van der Waals surface area contributed by atoms with Gasteiger partial charge >= 0.3 is 0 Å². The number of halogens is 1. The highest BCUT2D eigenvalue weighted by atomic mass is 79.9. The van der Waals surface area contributed by atoms with Crippen LogP contribution >= 0.6 is 15.9 Å². The molecule has 1 aliphatic heterocycles. The number of nitrogens with one attached hydrogen (secondary N) is 1. The van der Waals surface area contributed by atoms with Crippen molar-refractivity contribution in [2.75, 3.05) is 13.2 Å². The van der Waals surface area contributed by atoms with Crippen molar-refractivity contribution in [3.8, 4) is 0 Å². The fraction of sp³-hybridized carbons (Fsp3) is 0.455. The normalized spacial score (nSPS) is 21.4. The molecule has 2 N–H and O–H groups in total. The van der Waals surface area contributed by atoms with Gasteiger partial charge in [0.1, 0.15) is 0 Å². The van der Waals surface area contributed by atoms with Gasteiger partial charge in [-0.1, -0.05) is 22.0 Å². The Morgan fingerprint density at radius 3 is 3.07 bits per heavy atom. The van der Waals surface area contributed by atoms with E-state index in [9.17, 15) is 0 Å². The second-order valence-electron chi connectivity index (χ2n) is 3.70. The monoisotopic (exact) mass is 255 g/mol. The summed E-state index contributed by atoms with van der Waals surface area (Å²) in [7, 11) is 0. The molecule has 0 aromatic heterocycles. The van der Waals surface area contributed by atoms with Crippen molar-refractivity contribution in [3.63, 3.8) is 0 Å². The Bertz CT molecular complexity index is 327. The summed E-state index contributed by atoms with van der Waals surface area (Å²) in [6.07, 6.45) is 1.98. The highest BCUT2D eigenvalue weighted by Crippen LogP contribution is 2.20. The molecule has 0 amide bonds. The Morgan fingerprint density at radius 2 is 2.29 bits per heavy atom. The second kappa shape index (κ2) is 4.43. The van der Waals surface area contributed by atoms with Crippen LogP contribution < -0.4 is 5.32 Å². The van der Waals surface area contributed by atoms with Gasteiger partial charge in [0.15, 0.2) is 0 Å². The lowest BCUT2D eigenvalue weighted by molar-refractivity contribution is 0.244. The number of hydrogen-bond acceptors (Lipinski definition) is 2. The van der Waals surface area contributed by atoms with Crippen molar-refractivity contribution in [2.45, 2.75) is 18.9 Å². The van der Waals surface area contributed by atoms with Crippen molar-refractivity contribution < 1.29 is 5.11 Å². The zero-order chi connectivity index (χ0) is 9.97. The predicted molar refractivity (Wildman–Crippen MR) is 60.4 cm³/mol. The summed E-state index contributed by atoms with van der Waals surface area (Å²) in [4.78, 5) is 0. The van der Waals surface area contributed by atoms with Gasteiger partial charge in [0.25, 0.3) is 0 Å². The molecule has 0 bridgehead atoms. The van der Waals surface area contributed by atoms with E-state index in [1.807, 2.05) is 0 Å². The van der Waals surface area contributed by atoms with Crippen LogP contribution in [0.5, 0.6) is 0 Å². The van der Waals surface area contributed by atoms with Gasteiger partial charge in [-0.3, -0.25) is 0 Å². The van der Waals surface area contributed by atoms with Crippen molar-refractivity contribution in [1.82, 2.24) is 5.32 Å². The fourth-order valence-electron chi connectivity index (χ4n) is 1.90. The lowest BCUT2D eigenvalue weighted by atomic mass is 10.0. The average molecular weight is 256 g/mol. The molecule has 3 heteroatoms. The molecule has 14 heavy (non-hydrogen) atoms. The summed E-state index contributed by atoms with van der Waals surface area (Å²) in [6, 6.07) is 6.61. The van der Waals surface area contributed by atoms with Gasteiger partial charge in [-0.15, -0.1) is 0 Å². The van der Waals surface area contributed by atoms with Crippen molar-refractivity contribution in [2.24, 2.45) is 0 Å². The predicted octanol–water partition coefficient (Wildman–Crippen LogP) is 1.50. The van der Waals surface area contributed by atoms with E-state index in [1.165, 1.54) is 11.1 Å². The molecule has 1 aromatic carbocycles. The summed E-state index contributed by atoms with van der Waals surface area (Å²) < 4.78 is 1.14. The largest absolute Gasteiger partial charge is 0.395 e. The van der Waals surface area contributed by atoms with Crippen LogP contribution in [0.3, 0.4) is 0 Å². The first kappa shape index (κ1) is 10.1. The summed E-state index contributed by atoms with van der Waals surface area (Å²) in [6.45, 7) is 1.17. The zero-order valence-electron chi connectivity index (χ0n) is 7.96. The quantitative estimate of drug-likeness (QED) is 0.798. The molecule has 0 radical (unpaired) electrons. The molecule has 0 aliphatic carbocycles. The number of fused-ring (bicyclic) bond motifs is 1. The third-order valence-electron chi connectivity index (χ3n) is 2.68. The van der Waals surface area contributed by atoms with E-state index in [2.05, 4.69) is 39.4 Å². The second-order valence-corrected chi connectivity index (χ2v) is 4.62. The van der Waals surface area contributed by atoms with Crippen LogP contribution in [-0.4, -0.2) is 24.3 Å². The number of hydrogen-bond donors (Lipinski definition) is 2. The lowest BCUT2D eigenvalue weighted by Gasteiger charge is -2.12. The number of aliphatic hydroxyl groups is 1. The molecule has 2 rings (SSSR count). The van der Waals surface area contributed by atoms with E-state index in [0.29, 0.717) is 0 Å². The Hall–Kier alpha value is -0.380. The molecule has 0 saturated carbocycles. The van der Waals surface area contributed by atoms with Crippen LogP contribution in [0.4, 0.5) is 0 Å². The van der Waals surface area contributed by atoms with E-state index in [0.717, 1.165) is 23.9 Å². The minimum atomic E-state index is 0.218. The molecule has 1 aromatic rings. The minimum absolute atomic E-state index is 0.218. The fourth-order valence-corrected chi connectivity index (χ4v) is 2.31. The molecular weight excluding hydrogens is 242 g/mol. The Kier molecular flexibility index (Phi) is 3.21. The standard InChI is InChI=1S/C11H14BrNO/c12-10-2-1-8-6-11(7-14)13-4-3-9(8)5-10/h1-2,5,11,13-14H,3-4,6-7H2. The number of aliphatic hydroxyl groups excluding tert-OH is 1. The van der Waals surface area contributed by atoms with Crippen LogP contribution in [0.1, 0.15) is 11.1 Å². The maximum absolute atomic E-state index is 9.12. The van der Waals surface area contributed by atoms with Gasteiger partial charge in [0.2, 0.25) is 0 Å². The van der Waals surface area contributed by atoms with E-state index in [4.69, 9.17) is 5.11 Å². The first-order valence-electron chi connectivity index (χ1n) is 4.91. The molecule has 0 spiro atoms. The molecule has 0 fully saturated rings. The number of benzene rings is 1. The van der Waals surface area contributed by atoms with Crippen molar-refractivity contribution in [3.05, 3.63) is 33.8 Å². The van der Waals surface area contributed by atoms with E-state index in [1.54, 1.807) is 0 Å². The Balaban J connectivity index is 2.27. The van der Waals surface area contributed by atoms with Crippen molar-refractivity contribution in [1.29, 1.82) is 0 Å². The molecule has 1 atom stereocenters. The first-order valence-corrected chi connectivity index (χ1v) is 5.70. The molecule has 1 aliphatic rings. The molecule has 2 nitrogen and oxygen atoms in total.